The fraction of sp³-hybridized carbons (Fsp3) is 0.500. The summed E-state index contributed by atoms with van der Waals surface area (Å²) in [5.41, 5.74) is 2.48. The van der Waals surface area contributed by atoms with Gasteiger partial charge >= 0.3 is 0 Å². The second-order valence-corrected chi connectivity index (χ2v) is 6.35. The predicted molar refractivity (Wildman–Crippen MR) is 87.8 cm³/mol. The summed E-state index contributed by atoms with van der Waals surface area (Å²) in [4.78, 5) is 9.87. The fourth-order valence-corrected chi connectivity index (χ4v) is 4.07. The highest BCUT2D eigenvalue weighted by atomic mass is 15.3. The molecule has 21 heavy (non-hydrogen) atoms. The van der Waals surface area contributed by atoms with Crippen LogP contribution in [0.5, 0.6) is 0 Å². The van der Waals surface area contributed by atoms with Crippen molar-refractivity contribution in [3.8, 4) is 0 Å². The van der Waals surface area contributed by atoms with Crippen LogP contribution in [0.3, 0.4) is 0 Å². The van der Waals surface area contributed by atoms with E-state index in [-0.39, 0.29) is 0 Å². The van der Waals surface area contributed by atoms with Crippen molar-refractivity contribution in [1.29, 1.82) is 0 Å². The van der Waals surface area contributed by atoms with Crippen molar-refractivity contribution in [2.24, 2.45) is 0 Å². The van der Waals surface area contributed by atoms with Gasteiger partial charge in [-0.2, -0.15) is 0 Å². The van der Waals surface area contributed by atoms with Gasteiger partial charge in [0.1, 0.15) is 0 Å². The third-order valence-corrected chi connectivity index (χ3v) is 5.20. The van der Waals surface area contributed by atoms with Crippen LogP contribution in [-0.2, 0) is 0 Å². The number of hydrogen-bond acceptors (Lipinski definition) is 3. The van der Waals surface area contributed by atoms with Crippen LogP contribution in [-0.4, -0.2) is 41.6 Å². The molecule has 0 aliphatic carbocycles. The van der Waals surface area contributed by atoms with Crippen molar-refractivity contribution in [3.63, 3.8) is 0 Å². The molecule has 0 N–H and O–H groups in total. The van der Waals surface area contributed by atoms with Crippen LogP contribution in [0, 0.1) is 0 Å². The quantitative estimate of drug-likeness (QED) is 0.842. The molecule has 2 fully saturated rings. The van der Waals surface area contributed by atoms with Crippen molar-refractivity contribution < 1.29 is 0 Å². The summed E-state index contributed by atoms with van der Waals surface area (Å²) in [6.45, 7) is 6.01. The maximum Gasteiger partial charge on any atom is 0.0722 e. The molecule has 2 aliphatic heterocycles. The van der Waals surface area contributed by atoms with Gasteiger partial charge in [0.25, 0.3) is 0 Å². The molecule has 2 aromatic rings. The highest BCUT2D eigenvalue weighted by Gasteiger charge is 2.35. The van der Waals surface area contributed by atoms with E-state index in [1.807, 2.05) is 6.20 Å². The zero-order chi connectivity index (χ0) is 14.2. The Labute approximate surface area is 126 Å². The second-order valence-electron chi connectivity index (χ2n) is 6.35. The lowest BCUT2D eigenvalue weighted by molar-refractivity contribution is 0.195. The highest BCUT2D eigenvalue weighted by molar-refractivity contribution is 5.91. The van der Waals surface area contributed by atoms with Crippen molar-refractivity contribution >= 4 is 16.6 Å². The standard InChI is InChI=1S/C18H23N3/c1-2-14-12-20-11-5-6-15(20)13-21(14)18-9-3-8-17-16(18)7-4-10-19-17/h3-4,7-10,14-15H,2,5-6,11-13H2,1H3. The first-order chi connectivity index (χ1) is 10.4. The zero-order valence-corrected chi connectivity index (χ0v) is 12.7. The number of nitrogens with zero attached hydrogens (tertiary/aromatic N) is 3. The predicted octanol–water partition coefficient (Wildman–Crippen LogP) is 3.30. The third-order valence-electron chi connectivity index (χ3n) is 5.20. The van der Waals surface area contributed by atoms with Gasteiger partial charge < -0.3 is 4.90 Å². The van der Waals surface area contributed by atoms with Gasteiger partial charge in [-0.25, -0.2) is 0 Å². The molecule has 1 aromatic heterocycles. The van der Waals surface area contributed by atoms with Gasteiger partial charge in [0.2, 0.25) is 0 Å². The minimum absolute atomic E-state index is 0.630. The number of aromatic nitrogens is 1. The van der Waals surface area contributed by atoms with Crippen LogP contribution in [0.1, 0.15) is 26.2 Å². The van der Waals surface area contributed by atoms with Crippen LogP contribution >= 0.6 is 0 Å². The number of anilines is 1. The first-order valence-electron chi connectivity index (χ1n) is 8.21. The monoisotopic (exact) mass is 281 g/mol. The number of rotatable bonds is 2. The molecule has 1 aromatic carbocycles. The lowest BCUT2D eigenvalue weighted by Gasteiger charge is -2.45. The Hall–Kier alpha value is -1.61. The molecule has 0 saturated carbocycles. The van der Waals surface area contributed by atoms with E-state index in [1.54, 1.807) is 0 Å². The molecule has 2 unspecified atom stereocenters. The van der Waals surface area contributed by atoms with E-state index in [9.17, 15) is 0 Å². The van der Waals surface area contributed by atoms with Crippen LogP contribution in [0.25, 0.3) is 10.9 Å². The number of fused-ring (bicyclic) bond motifs is 2. The molecular formula is C18H23N3. The number of piperazine rings is 1. The third kappa shape index (κ3) is 2.20. The number of benzene rings is 1. The maximum atomic E-state index is 4.52. The van der Waals surface area contributed by atoms with Crippen LogP contribution in [0.2, 0.25) is 0 Å². The van der Waals surface area contributed by atoms with Crippen LogP contribution in [0.15, 0.2) is 36.5 Å². The summed E-state index contributed by atoms with van der Waals surface area (Å²) in [6.07, 6.45) is 5.82. The molecule has 4 rings (SSSR count). The summed E-state index contributed by atoms with van der Waals surface area (Å²) in [7, 11) is 0. The Morgan fingerprint density at radius 2 is 2.14 bits per heavy atom. The molecule has 2 aliphatic rings. The van der Waals surface area contributed by atoms with Crippen molar-refractivity contribution in [2.75, 3.05) is 24.5 Å². The van der Waals surface area contributed by atoms with Gasteiger partial charge in [-0.3, -0.25) is 9.88 Å². The summed E-state index contributed by atoms with van der Waals surface area (Å²) in [6, 6.07) is 12.2. The largest absolute Gasteiger partial charge is 0.365 e. The second kappa shape index (κ2) is 5.30. The van der Waals surface area contributed by atoms with Gasteiger partial charge in [-0.1, -0.05) is 13.0 Å². The fourth-order valence-electron chi connectivity index (χ4n) is 4.07. The van der Waals surface area contributed by atoms with E-state index in [0.29, 0.717) is 6.04 Å². The summed E-state index contributed by atoms with van der Waals surface area (Å²) >= 11 is 0. The lowest BCUT2D eigenvalue weighted by atomic mass is 10.0. The lowest BCUT2D eigenvalue weighted by Crippen LogP contribution is -2.56. The Morgan fingerprint density at radius 1 is 1.19 bits per heavy atom. The van der Waals surface area contributed by atoms with Gasteiger partial charge in [0, 0.05) is 42.4 Å². The van der Waals surface area contributed by atoms with E-state index >= 15 is 0 Å². The minimum Gasteiger partial charge on any atom is -0.365 e. The first kappa shape index (κ1) is 13.1. The Kier molecular flexibility index (Phi) is 3.30. The SMILES string of the molecule is CCC1CN2CCCC2CN1c1cccc2ncccc12. The smallest absolute Gasteiger partial charge is 0.0722 e. The van der Waals surface area contributed by atoms with E-state index < -0.39 is 0 Å². The average molecular weight is 281 g/mol. The summed E-state index contributed by atoms with van der Waals surface area (Å²) in [5, 5.41) is 1.30. The molecule has 3 nitrogen and oxygen atoms in total. The number of pyridine rings is 1. The molecule has 110 valence electrons. The Bertz CT molecular complexity index is 634. The van der Waals surface area contributed by atoms with Gasteiger partial charge in [-0.15, -0.1) is 0 Å². The average Bonchev–Trinajstić information content (AvgIpc) is 3.00. The molecule has 3 heteroatoms. The Balaban J connectivity index is 1.75. The van der Waals surface area contributed by atoms with E-state index in [0.717, 1.165) is 11.6 Å². The van der Waals surface area contributed by atoms with Gasteiger partial charge in [0.05, 0.1) is 5.52 Å². The number of hydrogen-bond donors (Lipinski definition) is 0. The van der Waals surface area contributed by atoms with Crippen LogP contribution < -0.4 is 4.90 Å². The van der Waals surface area contributed by atoms with Crippen molar-refractivity contribution in [3.05, 3.63) is 36.5 Å². The van der Waals surface area contributed by atoms with Gasteiger partial charge in [-0.05, 0) is 50.1 Å². The van der Waals surface area contributed by atoms with Crippen LogP contribution in [0.4, 0.5) is 5.69 Å². The first-order valence-corrected chi connectivity index (χ1v) is 8.21. The summed E-state index contributed by atoms with van der Waals surface area (Å²) in [5.74, 6) is 0. The minimum atomic E-state index is 0.630. The normalized spacial score (nSPS) is 26.2. The molecule has 2 saturated heterocycles. The zero-order valence-electron chi connectivity index (χ0n) is 12.7. The van der Waals surface area contributed by atoms with E-state index in [4.69, 9.17) is 0 Å². The highest BCUT2D eigenvalue weighted by Crippen LogP contribution is 2.33. The molecule has 2 atom stereocenters. The molecule has 0 spiro atoms. The van der Waals surface area contributed by atoms with Gasteiger partial charge in [0.15, 0.2) is 0 Å². The molecule has 0 radical (unpaired) electrons. The molecule has 3 heterocycles. The maximum absolute atomic E-state index is 4.52. The van der Waals surface area contributed by atoms with E-state index in [2.05, 4.69) is 52.0 Å². The molecular weight excluding hydrogens is 258 g/mol. The molecule has 0 amide bonds. The molecule has 0 bridgehead atoms. The Morgan fingerprint density at radius 3 is 3.05 bits per heavy atom. The van der Waals surface area contributed by atoms with Crippen molar-refractivity contribution in [2.45, 2.75) is 38.3 Å². The summed E-state index contributed by atoms with van der Waals surface area (Å²) < 4.78 is 0. The van der Waals surface area contributed by atoms with Crippen molar-refractivity contribution in [1.82, 2.24) is 9.88 Å². The topological polar surface area (TPSA) is 19.4 Å². The van der Waals surface area contributed by atoms with E-state index in [1.165, 1.54) is 50.0 Å².